The van der Waals surface area contributed by atoms with Crippen molar-refractivity contribution in [1.82, 2.24) is 0 Å². The normalized spacial score (nSPS) is 13.1. The number of unbranched alkanes of at least 4 members (excludes halogenated alkanes) is 12. The van der Waals surface area contributed by atoms with Gasteiger partial charge in [0, 0.05) is 19.3 Å². The molecule has 0 aromatic rings. The lowest BCUT2D eigenvalue weighted by molar-refractivity contribution is -0.166. The molecule has 0 heterocycles. The summed E-state index contributed by atoms with van der Waals surface area (Å²) in [6, 6.07) is 0. The Morgan fingerprint density at radius 3 is 1.06 bits per heavy atom. The lowest BCUT2D eigenvalue weighted by Crippen LogP contribution is -2.30. The van der Waals surface area contributed by atoms with E-state index in [9.17, 15) is 14.4 Å². The van der Waals surface area contributed by atoms with Crippen LogP contribution >= 0.6 is 0 Å². The SMILES string of the molecule is CC/C=C\C/C=C\C/C=C\C/C=C\C/C=C\CCCCCC(=O)OCC(COC(=O)CCCCCCC/C=C\CCCCCC)OC(=O)CC/C=C\C/C=C\C/C=C\C/C=C\CC. The number of carbonyl (C=O) groups is 3. The zero-order chi connectivity index (χ0) is 45.8. The first-order valence-corrected chi connectivity index (χ1v) is 25.0. The van der Waals surface area contributed by atoms with E-state index in [1.165, 1.54) is 38.5 Å². The molecule has 0 bridgehead atoms. The van der Waals surface area contributed by atoms with Gasteiger partial charge in [-0.3, -0.25) is 14.4 Å². The summed E-state index contributed by atoms with van der Waals surface area (Å²) in [5, 5.41) is 0. The molecule has 0 N–H and O–H groups in total. The topological polar surface area (TPSA) is 78.9 Å². The second-order valence-corrected chi connectivity index (χ2v) is 16.0. The Bertz CT molecular complexity index is 1370. The van der Waals surface area contributed by atoms with Crippen molar-refractivity contribution >= 4 is 17.9 Å². The fourth-order valence-corrected chi connectivity index (χ4v) is 6.24. The number of hydrogen-bond acceptors (Lipinski definition) is 6. The van der Waals surface area contributed by atoms with Crippen LogP contribution in [0.25, 0.3) is 0 Å². The highest BCUT2D eigenvalue weighted by Crippen LogP contribution is 2.11. The number of rotatable bonds is 43. The molecule has 0 aliphatic heterocycles. The van der Waals surface area contributed by atoms with E-state index in [0.29, 0.717) is 19.3 Å². The smallest absolute Gasteiger partial charge is 0.306 e. The fraction of sp³-hybridized carbons (Fsp3) is 0.596. The second-order valence-electron chi connectivity index (χ2n) is 16.0. The van der Waals surface area contributed by atoms with Crippen LogP contribution in [0.5, 0.6) is 0 Å². The monoisotopic (exact) mass is 871 g/mol. The molecule has 0 aliphatic carbocycles. The van der Waals surface area contributed by atoms with Crippen LogP contribution in [0.2, 0.25) is 0 Å². The molecule has 1 atom stereocenters. The molecule has 0 amide bonds. The maximum absolute atomic E-state index is 12.7. The van der Waals surface area contributed by atoms with Crippen LogP contribution in [-0.2, 0) is 28.6 Å². The molecule has 0 aliphatic rings. The standard InChI is InChI=1S/C57H90O6/c1-4-7-10-13-16-19-22-25-26-27-28-29-30-33-35-38-41-44-47-50-56(59)62-53-54(63-57(60)51-48-45-42-39-36-32-24-21-18-15-12-9-6-3)52-61-55(58)49-46-43-40-37-34-31-23-20-17-14-11-8-5-2/h7,9-10,12,16,18-21,23,25-26,28-29,32-33,35-36,42,45,54H,4-6,8,11,13-15,17,22,24,27,30-31,34,37-41,43-44,46-53H2,1-3H3/b10-7-,12-9-,19-16-,21-18-,23-20-,26-25-,29-28-,35-33-,36-32-,45-42-. The largest absolute Gasteiger partial charge is 0.462 e. The van der Waals surface area contributed by atoms with Crippen molar-refractivity contribution in [2.24, 2.45) is 0 Å². The van der Waals surface area contributed by atoms with Crippen LogP contribution in [0.1, 0.15) is 201 Å². The van der Waals surface area contributed by atoms with E-state index in [0.717, 1.165) is 116 Å². The zero-order valence-electron chi connectivity index (χ0n) is 40.3. The Morgan fingerprint density at radius 1 is 0.333 bits per heavy atom. The van der Waals surface area contributed by atoms with Gasteiger partial charge in [-0.15, -0.1) is 0 Å². The highest BCUT2D eigenvalue weighted by Gasteiger charge is 2.19. The van der Waals surface area contributed by atoms with E-state index in [1.54, 1.807) is 0 Å². The summed E-state index contributed by atoms with van der Waals surface area (Å²) in [6.07, 6.45) is 69.1. The van der Waals surface area contributed by atoms with Crippen molar-refractivity contribution in [2.75, 3.05) is 13.2 Å². The minimum atomic E-state index is -0.835. The first-order chi connectivity index (χ1) is 31.0. The van der Waals surface area contributed by atoms with Crippen LogP contribution in [0, 0.1) is 0 Å². The van der Waals surface area contributed by atoms with Gasteiger partial charge in [0.2, 0.25) is 0 Å². The van der Waals surface area contributed by atoms with Gasteiger partial charge in [-0.05, 0) is 116 Å². The molecular formula is C57H90O6. The number of esters is 3. The predicted molar refractivity (Wildman–Crippen MR) is 269 cm³/mol. The minimum absolute atomic E-state index is 0.125. The molecule has 0 rings (SSSR count). The lowest BCUT2D eigenvalue weighted by atomic mass is 10.1. The summed E-state index contributed by atoms with van der Waals surface area (Å²) in [5.41, 5.74) is 0. The van der Waals surface area contributed by atoms with Crippen LogP contribution in [0.4, 0.5) is 0 Å². The van der Waals surface area contributed by atoms with Crippen LogP contribution in [0.3, 0.4) is 0 Å². The fourth-order valence-electron chi connectivity index (χ4n) is 6.24. The third kappa shape index (κ3) is 48.7. The van der Waals surface area contributed by atoms with Crippen molar-refractivity contribution in [3.63, 3.8) is 0 Å². The third-order valence-corrected chi connectivity index (χ3v) is 9.94. The maximum Gasteiger partial charge on any atom is 0.306 e. The Kier molecular flexibility index (Phi) is 47.1. The molecule has 0 aromatic carbocycles. The highest BCUT2D eigenvalue weighted by atomic mass is 16.6. The lowest BCUT2D eigenvalue weighted by Gasteiger charge is -2.18. The van der Waals surface area contributed by atoms with E-state index >= 15 is 0 Å². The Labute approximate surface area is 386 Å². The van der Waals surface area contributed by atoms with E-state index in [-0.39, 0.29) is 31.6 Å². The first-order valence-electron chi connectivity index (χ1n) is 25.0. The van der Waals surface area contributed by atoms with Crippen LogP contribution in [-0.4, -0.2) is 37.2 Å². The molecule has 63 heavy (non-hydrogen) atoms. The number of hydrogen-bond donors (Lipinski definition) is 0. The minimum Gasteiger partial charge on any atom is -0.462 e. The van der Waals surface area contributed by atoms with E-state index in [4.69, 9.17) is 14.2 Å². The van der Waals surface area contributed by atoms with Gasteiger partial charge in [-0.25, -0.2) is 0 Å². The molecule has 1 unspecified atom stereocenters. The Hall–Kier alpha value is -4.19. The van der Waals surface area contributed by atoms with Crippen LogP contribution in [0.15, 0.2) is 122 Å². The number of carbonyl (C=O) groups excluding carboxylic acids is 3. The average molecular weight is 871 g/mol. The number of ether oxygens (including phenoxy) is 3. The van der Waals surface area contributed by atoms with Crippen molar-refractivity contribution < 1.29 is 28.6 Å². The van der Waals surface area contributed by atoms with Crippen molar-refractivity contribution in [3.8, 4) is 0 Å². The molecule has 6 nitrogen and oxygen atoms in total. The summed E-state index contributed by atoms with van der Waals surface area (Å²) in [5.74, 6) is -1.06. The quantitative estimate of drug-likeness (QED) is 0.0263. The van der Waals surface area contributed by atoms with Crippen molar-refractivity contribution in [2.45, 2.75) is 207 Å². The Morgan fingerprint density at radius 2 is 0.651 bits per heavy atom. The van der Waals surface area contributed by atoms with Gasteiger partial charge in [-0.2, -0.15) is 0 Å². The molecule has 0 saturated heterocycles. The Balaban J connectivity index is 4.55. The maximum atomic E-state index is 12.7. The third-order valence-electron chi connectivity index (χ3n) is 9.94. The summed E-state index contributed by atoms with van der Waals surface area (Å²) in [4.78, 5) is 37.9. The molecule has 0 radical (unpaired) electrons. The van der Waals surface area contributed by atoms with Crippen LogP contribution < -0.4 is 0 Å². The van der Waals surface area contributed by atoms with Gasteiger partial charge < -0.3 is 14.2 Å². The van der Waals surface area contributed by atoms with E-state index in [1.807, 2.05) is 12.2 Å². The predicted octanol–water partition coefficient (Wildman–Crippen LogP) is 16.5. The molecule has 0 aromatic heterocycles. The summed E-state index contributed by atoms with van der Waals surface area (Å²) in [7, 11) is 0. The van der Waals surface area contributed by atoms with Gasteiger partial charge in [0.05, 0.1) is 0 Å². The summed E-state index contributed by atoms with van der Waals surface area (Å²) in [6.45, 7) is 6.27. The number of allylic oxidation sites excluding steroid dienone is 20. The van der Waals surface area contributed by atoms with Gasteiger partial charge in [0.15, 0.2) is 6.10 Å². The zero-order valence-corrected chi connectivity index (χ0v) is 40.3. The summed E-state index contributed by atoms with van der Waals surface area (Å²) >= 11 is 0. The van der Waals surface area contributed by atoms with Crippen molar-refractivity contribution in [1.29, 1.82) is 0 Å². The van der Waals surface area contributed by atoms with E-state index in [2.05, 4.69) is 130 Å². The molecule has 354 valence electrons. The molecule has 0 saturated carbocycles. The molecule has 6 heteroatoms. The van der Waals surface area contributed by atoms with Gasteiger partial charge in [0.25, 0.3) is 0 Å². The van der Waals surface area contributed by atoms with Gasteiger partial charge in [0.1, 0.15) is 13.2 Å². The summed E-state index contributed by atoms with van der Waals surface area (Å²) < 4.78 is 16.7. The highest BCUT2D eigenvalue weighted by molar-refractivity contribution is 5.71. The second kappa shape index (κ2) is 50.5. The van der Waals surface area contributed by atoms with Gasteiger partial charge >= 0.3 is 17.9 Å². The van der Waals surface area contributed by atoms with Gasteiger partial charge in [-0.1, -0.05) is 187 Å². The molecule has 0 spiro atoms. The first kappa shape index (κ1) is 58.8. The molecular weight excluding hydrogens is 781 g/mol. The van der Waals surface area contributed by atoms with E-state index < -0.39 is 12.1 Å². The van der Waals surface area contributed by atoms with Crippen molar-refractivity contribution in [3.05, 3.63) is 122 Å². The molecule has 0 fully saturated rings. The average Bonchev–Trinajstić information content (AvgIpc) is 3.28.